The van der Waals surface area contributed by atoms with Crippen molar-refractivity contribution in [2.24, 2.45) is 35.5 Å². The van der Waals surface area contributed by atoms with Crippen molar-refractivity contribution in [2.45, 2.75) is 6.42 Å². The molecule has 2 heterocycles. The summed E-state index contributed by atoms with van der Waals surface area (Å²) in [5, 5.41) is 0. The molecule has 28 heavy (non-hydrogen) atoms. The fraction of sp³-hybridized carbons (Fsp3) is 0.500. The molecular formula is C22H22N2O4. The quantitative estimate of drug-likeness (QED) is 0.581. The van der Waals surface area contributed by atoms with Crippen LogP contribution in [0.25, 0.3) is 0 Å². The predicted molar refractivity (Wildman–Crippen MR) is 100 cm³/mol. The minimum atomic E-state index is -0.218. The molecule has 0 spiro atoms. The van der Waals surface area contributed by atoms with Crippen molar-refractivity contribution < 1.29 is 19.1 Å². The molecule has 0 aromatic heterocycles. The highest BCUT2D eigenvalue weighted by Crippen LogP contribution is 2.65. The number of morpholine rings is 1. The third kappa shape index (κ3) is 2.15. The Labute approximate surface area is 163 Å². The minimum Gasteiger partial charge on any atom is -0.378 e. The van der Waals surface area contributed by atoms with Gasteiger partial charge in [0.05, 0.1) is 30.7 Å². The van der Waals surface area contributed by atoms with Crippen LogP contribution in [0.3, 0.4) is 0 Å². The Hall–Kier alpha value is -2.47. The van der Waals surface area contributed by atoms with Gasteiger partial charge in [-0.3, -0.25) is 14.4 Å². The van der Waals surface area contributed by atoms with Gasteiger partial charge in [-0.2, -0.15) is 0 Å². The number of rotatable bonds is 2. The average Bonchev–Trinajstić information content (AvgIpc) is 3.52. The molecule has 2 saturated heterocycles. The number of imide groups is 1. The van der Waals surface area contributed by atoms with Gasteiger partial charge in [0.2, 0.25) is 11.8 Å². The summed E-state index contributed by atoms with van der Waals surface area (Å²) in [5.74, 6) is 0.897. The molecule has 3 amide bonds. The van der Waals surface area contributed by atoms with Crippen LogP contribution < -0.4 is 4.90 Å². The van der Waals surface area contributed by atoms with Crippen molar-refractivity contribution >= 4 is 23.4 Å². The Balaban J connectivity index is 1.31. The van der Waals surface area contributed by atoms with Crippen molar-refractivity contribution in [3.63, 3.8) is 0 Å². The van der Waals surface area contributed by atoms with Crippen LogP contribution in [-0.2, 0) is 14.3 Å². The van der Waals surface area contributed by atoms with Crippen LogP contribution in [0.15, 0.2) is 36.4 Å². The standard InChI is InChI=1S/C22H22N2O4/c25-20(23-6-8-28-9-7-23)12-2-1-3-13(10-12)24-21(26)18-14-4-5-15(17-11-16(14)17)19(18)22(24)27/h1-5,10,14-19H,6-9,11H2/t14-,15-,16-,17-,18+,19+/m1/s1. The van der Waals surface area contributed by atoms with Gasteiger partial charge >= 0.3 is 0 Å². The molecule has 0 unspecified atom stereocenters. The Kier molecular flexibility index (Phi) is 3.39. The SMILES string of the molecule is O=C(c1cccc(N2C(=O)[C@H]3[C@@H]4C=C[C@H]([C@H]5C[C@H]45)[C@@H]3C2=O)c1)N1CCOCC1. The van der Waals surface area contributed by atoms with Crippen molar-refractivity contribution in [2.75, 3.05) is 31.2 Å². The number of ether oxygens (including phenoxy) is 1. The van der Waals surface area contributed by atoms with Crippen molar-refractivity contribution in [1.29, 1.82) is 0 Å². The normalized spacial score (nSPS) is 37.9. The summed E-state index contributed by atoms with van der Waals surface area (Å²) in [7, 11) is 0. The molecule has 4 aliphatic carbocycles. The number of anilines is 1. The molecule has 1 aromatic rings. The molecule has 2 saturated carbocycles. The molecule has 2 aliphatic heterocycles. The zero-order valence-corrected chi connectivity index (χ0v) is 15.5. The van der Waals surface area contributed by atoms with E-state index < -0.39 is 0 Å². The van der Waals surface area contributed by atoms with Crippen LogP contribution in [0, 0.1) is 35.5 Å². The lowest BCUT2D eigenvalue weighted by molar-refractivity contribution is -0.124. The number of hydrogen-bond donors (Lipinski definition) is 0. The molecule has 6 atom stereocenters. The van der Waals surface area contributed by atoms with Crippen LogP contribution in [0.5, 0.6) is 0 Å². The number of carbonyl (C=O) groups is 3. The first-order valence-corrected chi connectivity index (χ1v) is 10.2. The number of carbonyl (C=O) groups excluding carboxylic acids is 3. The highest BCUT2D eigenvalue weighted by atomic mass is 16.5. The Morgan fingerprint density at radius 1 is 0.964 bits per heavy atom. The van der Waals surface area contributed by atoms with E-state index in [0.717, 1.165) is 6.42 Å². The van der Waals surface area contributed by atoms with E-state index in [4.69, 9.17) is 4.74 Å². The van der Waals surface area contributed by atoms with Gasteiger partial charge in [0, 0.05) is 18.7 Å². The summed E-state index contributed by atoms with van der Waals surface area (Å²) < 4.78 is 5.31. The molecule has 7 rings (SSSR count). The fourth-order valence-electron chi connectivity index (χ4n) is 5.94. The molecule has 4 fully saturated rings. The second-order valence-electron chi connectivity index (χ2n) is 8.62. The van der Waals surface area contributed by atoms with Gasteiger partial charge in [0.25, 0.3) is 5.91 Å². The van der Waals surface area contributed by atoms with E-state index in [9.17, 15) is 14.4 Å². The maximum absolute atomic E-state index is 13.2. The van der Waals surface area contributed by atoms with E-state index in [1.54, 1.807) is 29.2 Å². The van der Waals surface area contributed by atoms with Crippen LogP contribution in [0.4, 0.5) is 5.69 Å². The minimum absolute atomic E-state index is 0.0790. The van der Waals surface area contributed by atoms with Gasteiger partial charge in [-0.1, -0.05) is 18.2 Å². The molecule has 6 heteroatoms. The number of nitrogens with zero attached hydrogens (tertiary/aromatic N) is 2. The fourth-order valence-corrected chi connectivity index (χ4v) is 5.94. The van der Waals surface area contributed by atoms with Gasteiger partial charge < -0.3 is 9.64 Å². The van der Waals surface area contributed by atoms with E-state index in [1.807, 2.05) is 0 Å². The lowest BCUT2D eigenvalue weighted by atomic mass is 9.63. The highest BCUT2D eigenvalue weighted by molar-refractivity contribution is 6.23. The summed E-state index contributed by atoms with van der Waals surface area (Å²) in [6.45, 7) is 2.20. The Morgan fingerprint density at radius 3 is 2.25 bits per heavy atom. The molecule has 1 aromatic carbocycles. The predicted octanol–water partition coefficient (Wildman–Crippen LogP) is 1.72. The third-order valence-corrected chi connectivity index (χ3v) is 7.31. The van der Waals surface area contributed by atoms with Crippen molar-refractivity contribution in [1.82, 2.24) is 4.90 Å². The number of benzene rings is 1. The second-order valence-corrected chi connectivity index (χ2v) is 8.62. The van der Waals surface area contributed by atoms with Gasteiger partial charge in [-0.05, 0) is 48.3 Å². The van der Waals surface area contributed by atoms with Crippen LogP contribution in [0.2, 0.25) is 0 Å². The lowest BCUT2D eigenvalue weighted by Crippen LogP contribution is -2.40. The molecule has 6 nitrogen and oxygen atoms in total. The van der Waals surface area contributed by atoms with E-state index in [1.165, 1.54) is 4.90 Å². The summed E-state index contributed by atoms with van der Waals surface area (Å²) in [5.41, 5.74) is 1.04. The van der Waals surface area contributed by atoms with Crippen LogP contribution in [-0.4, -0.2) is 48.9 Å². The molecular weight excluding hydrogens is 356 g/mol. The van der Waals surface area contributed by atoms with Crippen molar-refractivity contribution in [3.05, 3.63) is 42.0 Å². The molecule has 6 aliphatic rings. The lowest BCUT2D eigenvalue weighted by Gasteiger charge is -2.37. The van der Waals surface area contributed by atoms with Crippen LogP contribution >= 0.6 is 0 Å². The highest BCUT2D eigenvalue weighted by Gasteiger charge is 2.67. The number of allylic oxidation sites excluding steroid dienone is 2. The van der Waals surface area contributed by atoms with Gasteiger partial charge in [-0.15, -0.1) is 0 Å². The zero-order valence-electron chi connectivity index (χ0n) is 15.5. The topological polar surface area (TPSA) is 66.9 Å². The van der Waals surface area contributed by atoms with Gasteiger partial charge in [0.15, 0.2) is 0 Å². The van der Waals surface area contributed by atoms with E-state index in [-0.39, 0.29) is 41.4 Å². The summed E-state index contributed by atoms with van der Waals surface area (Å²) in [6.07, 6.45) is 5.50. The zero-order chi connectivity index (χ0) is 19.0. The number of hydrogen-bond acceptors (Lipinski definition) is 4. The molecule has 0 radical (unpaired) electrons. The van der Waals surface area contributed by atoms with E-state index in [2.05, 4.69) is 12.2 Å². The van der Waals surface area contributed by atoms with E-state index >= 15 is 0 Å². The first kappa shape index (κ1) is 16.5. The van der Waals surface area contributed by atoms with Gasteiger partial charge in [0.1, 0.15) is 0 Å². The largest absolute Gasteiger partial charge is 0.378 e. The van der Waals surface area contributed by atoms with Crippen LogP contribution in [0.1, 0.15) is 16.8 Å². The van der Waals surface area contributed by atoms with Crippen molar-refractivity contribution in [3.8, 4) is 0 Å². The third-order valence-electron chi connectivity index (χ3n) is 7.31. The Bertz CT molecular complexity index is 883. The number of amides is 3. The Morgan fingerprint density at radius 2 is 1.61 bits per heavy atom. The van der Waals surface area contributed by atoms with E-state index in [0.29, 0.717) is 49.4 Å². The maximum atomic E-state index is 13.2. The molecule has 2 bridgehead atoms. The molecule has 0 N–H and O–H groups in total. The maximum Gasteiger partial charge on any atom is 0.254 e. The summed E-state index contributed by atoms with van der Waals surface area (Å²) in [6, 6.07) is 6.97. The summed E-state index contributed by atoms with van der Waals surface area (Å²) >= 11 is 0. The van der Waals surface area contributed by atoms with Gasteiger partial charge in [-0.25, -0.2) is 4.90 Å². The average molecular weight is 378 g/mol. The monoisotopic (exact) mass is 378 g/mol. The summed E-state index contributed by atoms with van der Waals surface area (Å²) in [4.78, 5) is 42.4. The first-order chi connectivity index (χ1) is 13.6. The second kappa shape index (κ2) is 5.77. The first-order valence-electron chi connectivity index (χ1n) is 10.2. The molecule has 144 valence electrons. The smallest absolute Gasteiger partial charge is 0.254 e.